The summed E-state index contributed by atoms with van der Waals surface area (Å²) in [6.07, 6.45) is 0. The summed E-state index contributed by atoms with van der Waals surface area (Å²) in [5, 5.41) is 13.2. The molecule has 0 unspecified atom stereocenters. The number of carbonyl (C=O) groups is 1. The van der Waals surface area contributed by atoms with Gasteiger partial charge >= 0.3 is 0 Å². The number of aliphatic hydroxyl groups is 1. The van der Waals surface area contributed by atoms with Crippen LogP contribution in [-0.2, 0) is 13.2 Å². The molecule has 124 valence electrons. The van der Waals surface area contributed by atoms with Crippen molar-refractivity contribution in [1.82, 2.24) is 10.3 Å². The van der Waals surface area contributed by atoms with Gasteiger partial charge in [0.1, 0.15) is 11.4 Å². The fourth-order valence-corrected chi connectivity index (χ4v) is 2.64. The van der Waals surface area contributed by atoms with E-state index in [1.807, 2.05) is 55.5 Å². The monoisotopic (exact) mass is 324 g/mol. The van der Waals surface area contributed by atoms with Gasteiger partial charge in [0.2, 0.25) is 0 Å². The van der Waals surface area contributed by atoms with Crippen LogP contribution in [-0.4, -0.2) is 22.6 Å². The van der Waals surface area contributed by atoms with E-state index in [-0.39, 0.29) is 12.5 Å². The van der Waals surface area contributed by atoms with Crippen LogP contribution in [0.25, 0.3) is 10.9 Å². The molecule has 0 fully saturated rings. The number of aromatic nitrogens is 1. The third-order valence-electron chi connectivity index (χ3n) is 3.88. The van der Waals surface area contributed by atoms with E-state index in [1.54, 1.807) is 0 Å². The molecule has 0 bridgehead atoms. The fraction of sp³-hybridized carbons (Fsp3) is 0.211. The lowest BCUT2D eigenvalue weighted by Gasteiger charge is -2.08. The van der Waals surface area contributed by atoms with Crippen LogP contribution in [0.2, 0.25) is 0 Å². The summed E-state index contributed by atoms with van der Waals surface area (Å²) >= 11 is 0. The molecule has 0 atom stereocenters. The van der Waals surface area contributed by atoms with E-state index in [0.29, 0.717) is 18.8 Å². The number of aromatic amines is 1. The first-order valence-corrected chi connectivity index (χ1v) is 7.92. The van der Waals surface area contributed by atoms with Crippen LogP contribution in [0.1, 0.15) is 28.5 Å². The van der Waals surface area contributed by atoms with Crippen molar-refractivity contribution >= 4 is 16.8 Å². The van der Waals surface area contributed by atoms with Gasteiger partial charge in [-0.05, 0) is 36.2 Å². The second-order valence-corrected chi connectivity index (χ2v) is 5.47. The fourth-order valence-electron chi connectivity index (χ4n) is 2.64. The Balaban J connectivity index is 1.74. The SMILES string of the molecule is CCOc1ccc2cc(C(=O)NCc3ccccc3CO)[nH]c2c1. The van der Waals surface area contributed by atoms with Crippen molar-refractivity contribution in [3.63, 3.8) is 0 Å². The van der Waals surface area contributed by atoms with E-state index in [1.165, 1.54) is 0 Å². The molecule has 0 radical (unpaired) electrons. The molecule has 24 heavy (non-hydrogen) atoms. The smallest absolute Gasteiger partial charge is 0.267 e. The lowest BCUT2D eigenvalue weighted by molar-refractivity contribution is 0.0946. The molecule has 0 aliphatic rings. The van der Waals surface area contributed by atoms with Crippen LogP contribution in [0, 0.1) is 0 Å². The molecule has 1 amide bonds. The Bertz CT molecular complexity index is 855. The van der Waals surface area contributed by atoms with Crippen molar-refractivity contribution in [1.29, 1.82) is 0 Å². The number of ether oxygens (including phenoxy) is 1. The molecule has 0 aliphatic carbocycles. The molecule has 2 aromatic carbocycles. The lowest BCUT2D eigenvalue weighted by Crippen LogP contribution is -2.23. The minimum atomic E-state index is -0.183. The molecule has 0 aliphatic heterocycles. The summed E-state index contributed by atoms with van der Waals surface area (Å²) in [4.78, 5) is 15.5. The second kappa shape index (κ2) is 7.19. The van der Waals surface area contributed by atoms with Crippen LogP contribution in [0.15, 0.2) is 48.5 Å². The molecule has 0 spiro atoms. The topological polar surface area (TPSA) is 74.3 Å². The van der Waals surface area contributed by atoms with Crippen LogP contribution >= 0.6 is 0 Å². The molecule has 5 nitrogen and oxygen atoms in total. The highest BCUT2D eigenvalue weighted by atomic mass is 16.5. The Morgan fingerprint density at radius 1 is 1.17 bits per heavy atom. The van der Waals surface area contributed by atoms with Crippen LogP contribution < -0.4 is 10.1 Å². The van der Waals surface area contributed by atoms with Crippen molar-refractivity contribution < 1.29 is 14.6 Å². The van der Waals surface area contributed by atoms with Gasteiger partial charge < -0.3 is 20.1 Å². The van der Waals surface area contributed by atoms with Crippen molar-refractivity contribution in [3.05, 3.63) is 65.4 Å². The molecule has 0 saturated heterocycles. The molecule has 1 heterocycles. The summed E-state index contributed by atoms with van der Waals surface area (Å²) in [5.41, 5.74) is 3.08. The first kappa shape index (κ1) is 16.1. The highest BCUT2D eigenvalue weighted by Gasteiger charge is 2.10. The lowest BCUT2D eigenvalue weighted by atomic mass is 10.1. The Morgan fingerprint density at radius 2 is 1.96 bits per heavy atom. The summed E-state index contributed by atoms with van der Waals surface area (Å²) in [6, 6.07) is 15.0. The zero-order valence-corrected chi connectivity index (χ0v) is 13.5. The summed E-state index contributed by atoms with van der Waals surface area (Å²) in [7, 11) is 0. The third-order valence-corrected chi connectivity index (χ3v) is 3.88. The molecule has 1 aromatic heterocycles. The number of H-pyrrole nitrogens is 1. The summed E-state index contributed by atoms with van der Waals surface area (Å²) < 4.78 is 5.47. The number of benzene rings is 2. The predicted octanol–water partition coefficient (Wildman–Crippen LogP) is 2.99. The minimum absolute atomic E-state index is 0.0430. The molecule has 3 aromatic rings. The number of hydrogen-bond acceptors (Lipinski definition) is 3. The molecular weight excluding hydrogens is 304 g/mol. The van der Waals surface area contributed by atoms with E-state index in [0.717, 1.165) is 27.8 Å². The number of rotatable bonds is 6. The Labute approximate surface area is 140 Å². The average Bonchev–Trinajstić information content (AvgIpc) is 3.03. The number of amides is 1. The second-order valence-electron chi connectivity index (χ2n) is 5.47. The molecule has 3 rings (SSSR count). The normalized spacial score (nSPS) is 10.8. The van der Waals surface area contributed by atoms with Crippen LogP contribution in [0.3, 0.4) is 0 Å². The Morgan fingerprint density at radius 3 is 2.71 bits per heavy atom. The highest BCUT2D eigenvalue weighted by molar-refractivity contribution is 5.98. The Kier molecular flexibility index (Phi) is 4.82. The van der Waals surface area contributed by atoms with Gasteiger partial charge in [-0.25, -0.2) is 0 Å². The zero-order valence-electron chi connectivity index (χ0n) is 13.5. The van der Waals surface area contributed by atoms with Crippen molar-refractivity contribution in [3.8, 4) is 5.75 Å². The maximum atomic E-state index is 12.4. The first-order chi connectivity index (χ1) is 11.7. The van der Waals surface area contributed by atoms with E-state index in [4.69, 9.17) is 4.74 Å². The summed E-state index contributed by atoms with van der Waals surface area (Å²) in [5.74, 6) is 0.590. The van der Waals surface area contributed by atoms with Gasteiger partial charge in [0.25, 0.3) is 5.91 Å². The maximum Gasteiger partial charge on any atom is 0.267 e. The third kappa shape index (κ3) is 3.41. The number of hydrogen-bond donors (Lipinski definition) is 3. The van der Waals surface area contributed by atoms with Gasteiger partial charge in [-0.2, -0.15) is 0 Å². The standard InChI is InChI=1S/C19H20N2O3/c1-2-24-16-8-7-13-9-18(21-17(13)10-16)19(23)20-11-14-5-3-4-6-15(14)12-22/h3-10,21-22H,2,11-12H2,1H3,(H,20,23). The van der Waals surface area contributed by atoms with Gasteiger partial charge in [0.05, 0.1) is 13.2 Å². The first-order valence-electron chi connectivity index (χ1n) is 7.92. The minimum Gasteiger partial charge on any atom is -0.494 e. The van der Waals surface area contributed by atoms with Gasteiger partial charge in [-0.15, -0.1) is 0 Å². The van der Waals surface area contributed by atoms with Crippen molar-refractivity contribution in [2.24, 2.45) is 0 Å². The van der Waals surface area contributed by atoms with Crippen LogP contribution in [0.5, 0.6) is 5.75 Å². The van der Waals surface area contributed by atoms with E-state index >= 15 is 0 Å². The van der Waals surface area contributed by atoms with Crippen molar-refractivity contribution in [2.75, 3.05) is 6.61 Å². The molecule has 3 N–H and O–H groups in total. The van der Waals surface area contributed by atoms with E-state index < -0.39 is 0 Å². The largest absolute Gasteiger partial charge is 0.494 e. The van der Waals surface area contributed by atoms with Gasteiger partial charge in [-0.3, -0.25) is 4.79 Å². The predicted molar refractivity (Wildman–Crippen MR) is 93.0 cm³/mol. The Hall–Kier alpha value is -2.79. The highest BCUT2D eigenvalue weighted by Crippen LogP contribution is 2.21. The van der Waals surface area contributed by atoms with Gasteiger partial charge in [0, 0.05) is 23.5 Å². The average molecular weight is 324 g/mol. The number of aliphatic hydroxyl groups excluding tert-OH is 1. The van der Waals surface area contributed by atoms with E-state index in [9.17, 15) is 9.90 Å². The number of fused-ring (bicyclic) bond motifs is 1. The number of nitrogens with one attached hydrogen (secondary N) is 2. The molecular formula is C19H20N2O3. The van der Waals surface area contributed by atoms with Gasteiger partial charge in [0.15, 0.2) is 0 Å². The molecule has 5 heteroatoms. The van der Waals surface area contributed by atoms with Crippen molar-refractivity contribution in [2.45, 2.75) is 20.1 Å². The van der Waals surface area contributed by atoms with Gasteiger partial charge in [-0.1, -0.05) is 24.3 Å². The number of carbonyl (C=O) groups excluding carboxylic acids is 1. The maximum absolute atomic E-state index is 12.4. The van der Waals surface area contributed by atoms with E-state index in [2.05, 4.69) is 10.3 Å². The zero-order chi connectivity index (χ0) is 16.9. The van der Waals surface area contributed by atoms with Crippen LogP contribution in [0.4, 0.5) is 0 Å². The quantitative estimate of drug-likeness (QED) is 0.652. The summed E-state index contributed by atoms with van der Waals surface area (Å²) in [6.45, 7) is 2.86. The molecule has 0 saturated carbocycles.